The van der Waals surface area contributed by atoms with Gasteiger partial charge in [-0.1, -0.05) is 41.9 Å². The summed E-state index contributed by atoms with van der Waals surface area (Å²) in [6.07, 6.45) is 0.763. The van der Waals surface area contributed by atoms with Crippen LogP contribution in [0.3, 0.4) is 0 Å². The first kappa shape index (κ1) is 17.5. The number of halogens is 1. The standard InChI is InChI=1S/C19H18ClN3OS/c1-13-22-18(12-25-13)15-7-5-14(6-8-15)9-10-21-19(24)23-17-4-2-3-16(20)11-17/h2-8,11-12H,9-10H2,1H3,(H2,21,23,24). The molecule has 0 aliphatic carbocycles. The first-order valence-electron chi connectivity index (χ1n) is 7.92. The van der Waals surface area contributed by atoms with Crippen LogP contribution in [0, 0.1) is 6.92 Å². The van der Waals surface area contributed by atoms with E-state index >= 15 is 0 Å². The van der Waals surface area contributed by atoms with E-state index in [1.54, 1.807) is 35.6 Å². The van der Waals surface area contributed by atoms with Crippen molar-refractivity contribution in [1.82, 2.24) is 10.3 Å². The molecule has 0 radical (unpaired) electrons. The van der Waals surface area contributed by atoms with Gasteiger partial charge < -0.3 is 10.6 Å². The van der Waals surface area contributed by atoms with Crippen LogP contribution < -0.4 is 10.6 Å². The molecule has 6 heteroatoms. The van der Waals surface area contributed by atoms with Crippen molar-refractivity contribution in [2.45, 2.75) is 13.3 Å². The molecule has 4 nitrogen and oxygen atoms in total. The summed E-state index contributed by atoms with van der Waals surface area (Å²) in [7, 11) is 0. The van der Waals surface area contributed by atoms with Crippen LogP contribution >= 0.6 is 22.9 Å². The summed E-state index contributed by atoms with van der Waals surface area (Å²) in [6, 6.07) is 15.1. The van der Waals surface area contributed by atoms with Crippen LogP contribution in [0.25, 0.3) is 11.3 Å². The van der Waals surface area contributed by atoms with Gasteiger partial charge in [-0.25, -0.2) is 9.78 Å². The quantitative estimate of drug-likeness (QED) is 0.652. The molecule has 3 aromatic rings. The summed E-state index contributed by atoms with van der Waals surface area (Å²) in [5.74, 6) is 0. The molecule has 0 aliphatic rings. The van der Waals surface area contributed by atoms with Crippen molar-refractivity contribution in [2.24, 2.45) is 0 Å². The van der Waals surface area contributed by atoms with Crippen molar-refractivity contribution >= 4 is 34.7 Å². The number of carbonyl (C=O) groups excluding carboxylic acids is 1. The Morgan fingerprint density at radius 3 is 2.68 bits per heavy atom. The average molecular weight is 372 g/mol. The molecule has 0 spiro atoms. The highest BCUT2D eigenvalue weighted by Crippen LogP contribution is 2.21. The lowest BCUT2D eigenvalue weighted by atomic mass is 10.1. The first-order chi connectivity index (χ1) is 12.1. The number of carbonyl (C=O) groups is 1. The van der Waals surface area contributed by atoms with Gasteiger partial charge in [-0.2, -0.15) is 0 Å². The summed E-state index contributed by atoms with van der Waals surface area (Å²) < 4.78 is 0. The lowest BCUT2D eigenvalue weighted by Crippen LogP contribution is -2.30. The Labute approximate surface area is 155 Å². The molecule has 0 saturated heterocycles. The molecule has 25 heavy (non-hydrogen) atoms. The van der Waals surface area contributed by atoms with Gasteiger partial charge in [0.15, 0.2) is 0 Å². The number of rotatable bonds is 5. The SMILES string of the molecule is Cc1nc(-c2ccc(CCNC(=O)Nc3cccc(Cl)c3)cc2)cs1. The molecule has 0 saturated carbocycles. The van der Waals surface area contributed by atoms with Gasteiger partial charge in [0.1, 0.15) is 0 Å². The number of nitrogens with zero attached hydrogens (tertiary/aromatic N) is 1. The third kappa shape index (κ3) is 5.05. The van der Waals surface area contributed by atoms with E-state index in [0.717, 1.165) is 22.7 Å². The molecule has 1 aromatic heterocycles. The molecule has 0 bridgehead atoms. The molecule has 0 fully saturated rings. The number of aromatic nitrogens is 1. The predicted octanol–water partition coefficient (Wildman–Crippen LogP) is 5.14. The van der Waals surface area contributed by atoms with E-state index in [2.05, 4.69) is 45.3 Å². The van der Waals surface area contributed by atoms with Crippen LogP contribution in [-0.2, 0) is 6.42 Å². The van der Waals surface area contributed by atoms with Crippen molar-refractivity contribution in [3.63, 3.8) is 0 Å². The predicted molar refractivity (Wildman–Crippen MR) is 104 cm³/mol. The number of benzene rings is 2. The van der Waals surface area contributed by atoms with Crippen molar-refractivity contribution < 1.29 is 4.79 Å². The van der Waals surface area contributed by atoms with Gasteiger partial charge in [0.05, 0.1) is 10.7 Å². The molecule has 0 unspecified atom stereocenters. The summed E-state index contributed by atoms with van der Waals surface area (Å²) in [5, 5.41) is 9.32. The fraction of sp³-hybridized carbons (Fsp3) is 0.158. The molecule has 128 valence electrons. The Kier molecular flexibility index (Phi) is 5.68. The van der Waals surface area contributed by atoms with Crippen LogP contribution in [0.2, 0.25) is 5.02 Å². The normalized spacial score (nSPS) is 10.5. The number of hydrogen-bond acceptors (Lipinski definition) is 3. The topological polar surface area (TPSA) is 54.0 Å². The summed E-state index contributed by atoms with van der Waals surface area (Å²) >= 11 is 7.54. The number of thiazole rings is 1. The van der Waals surface area contributed by atoms with Gasteiger partial charge in [-0.05, 0) is 37.1 Å². The van der Waals surface area contributed by atoms with E-state index in [9.17, 15) is 4.79 Å². The minimum Gasteiger partial charge on any atom is -0.338 e. The maximum atomic E-state index is 11.9. The lowest BCUT2D eigenvalue weighted by Gasteiger charge is -2.08. The van der Waals surface area contributed by atoms with E-state index in [1.165, 1.54) is 5.56 Å². The first-order valence-corrected chi connectivity index (χ1v) is 9.18. The fourth-order valence-electron chi connectivity index (χ4n) is 2.40. The molecular formula is C19H18ClN3OS. The number of hydrogen-bond donors (Lipinski definition) is 2. The van der Waals surface area contributed by atoms with Gasteiger partial charge in [0.25, 0.3) is 0 Å². The Hall–Kier alpha value is -2.37. The number of anilines is 1. The monoisotopic (exact) mass is 371 g/mol. The van der Waals surface area contributed by atoms with Crippen LogP contribution in [0.1, 0.15) is 10.6 Å². The molecule has 0 aliphatic heterocycles. The second-order valence-electron chi connectivity index (χ2n) is 5.59. The van der Waals surface area contributed by atoms with Crippen LogP contribution in [0.15, 0.2) is 53.9 Å². The largest absolute Gasteiger partial charge is 0.338 e. The Bertz CT molecular complexity index is 861. The highest BCUT2D eigenvalue weighted by Gasteiger charge is 2.04. The maximum Gasteiger partial charge on any atom is 0.319 e. The molecule has 2 aromatic carbocycles. The summed E-state index contributed by atoms with van der Waals surface area (Å²) in [4.78, 5) is 16.4. The lowest BCUT2D eigenvalue weighted by molar-refractivity contribution is 0.252. The average Bonchev–Trinajstić information content (AvgIpc) is 3.02. The maximum absolute atomic E-state index is 11.9. The van der Waals surface area contributed by atoms with Crippen molar-refractivity contribution in [3.05, 3.63) is 69.5 Å². The zero-order valence-corrected chi connectivity index (χ0v) is 15.3. The van der Waals surface area contributed by atoms with E-state index in [0.29, 0.717) is 17.3 Å². The van der Waals surface area contributed by atoms with Crippen molar-refractivity contribution in [1.29, 1.82) is 0 Å². The Balaban J connectivity index is 1.48. The molecule has 0 atom stereocenters. The molecular weight excluding hydrogens is 354 g/mol. The highest BCUT2D eigenvalue weighted by molar-refractivity contribution is 7.09. The summed E-state index contributed by atoms with van der Waals surface area (Å²) in [6.45, 7) is 2.56. The minimum absolute atomic E-state index is 0.239. The van der Waals surface area contributed by atoms with Crippen molar-refractivity contribution in [3.8, 4) is 11.3 Å². The molecule has 3 rings (SSSR count). The zero-order chi connectivity index (χ0) is 17.6. The van der Waals surface area contributed by atoms with Crippen LogP contribution in [0.5, 0.6) is 0 Å². The smallest absolute Gasteiger partial charge is 0.319 e. The van der Waals surface area contributed by atoms with E-state index < -0.39 is 0 Å². The molecule has 2 N–H and O–H groups in total. The van der Waals surface area contributed by atoms with Crippen molar-refractivity contribution in [2.75, 3.05) is 11.9 Å². The zero-order valence-electron chi connectivity index (χ0n) is 13.8. The number of amides is 2. The third-order valence-electron chi connectivity index (χ3n) is 3.65. The summed E-state index contributed by atoms with van der Waals surface area (Å²) in [5.41, 5.74) is 3.96. The Morgan fingerprint density at radius 1 is 1.20 bits per heavy atom. The van der Waals surface area contributed by atoms with E-state index in [-0.39, 0.29) is 6.03 Å². The van der Waals surface area contributed by atoms with Crippen LogP contribution in [-0.4, -0.2) is 17.6 Å². The van der Waals surface area contributed by atoms with Gasteiger partial charge in [-0.3, -0.25) is 0 Å². The Morgan fingerprint density at radius 2 is 2.00 bits per heavy atom. The second-order valence-corrected chi connectivity index (χ2v) is 7.09. The molecule has 1 heterocycles. The van der Waals surface area contributed by atoms with Gasteiger partial charge in [-0.15, -0.1) is 11.3 Å². The molecule has 2 amide bonds. The van der Waals surface area contributed by atoms with Crippen LogP contribution in [0.4, 0.5) is 10.5 Å². The second kappa shape index (κ2) is 8.14. The number of urea groups is 1. The van der Waals surface area contributed by atoms with E-state index in [4.69, 9.17) is 11.6 Å². The fourth-order valence-corrected chi connectivity index (χ4v) is 3.21. The number of aryl methyl sites for hydroxylation is 1. The van der Waals surface area contributed by atoms with Gasteiger partial charge >= 0.3 is 6.03 Å². The number of nitrogens with one attached hydrogen (secondary N) is 2. The highest BCUT2D eigenvalue weighted by atomic mass is 35.5. The third-order valence-corrected chi connectivity index (χ3v) is 4.66. The van der Waals surface area contributed by atoms with Gasteiger partial charge in [0, 0.05) is 28.2 Å². The van der Waals surface area contributed by atoms with E-state index in [1.807, 2.05) is 6.92 Å². The minimum atomic E-state index is -0.239. The van der Waals surface area contributed by atoms with Gasteiger partial charge in [0.2, 0.25) is 0 Å².